The lowest BCUT2D eigenvalue weighted by molar-refractivity contribution is -0.118. The Morgan fingerprint density at radius 3 is 3.00 bits per heavy atom. The second-order valence-electron chi connectivity index (χ2n) is 3.07. The van der Waals surface area contributed by atoms with Crippen LogP contribution in [-0.2, 0) is 4.79 Å². The highest BCUT2D eigenvalue weighted by molar-refractivity contribution is 6.06. The number of hydrogen-bond acceptors (Lipinski definition) is 3. The molecule has 4 heteroatoms. The second-order valence-corrected chi connectivity index (χ2v) is 3.07. The Balaban J connectivity index is 2.54. The molecule has 0 aromatic heterocycles. The third-order valence-corrected chi connectivity index (χ3v) is 2.03. The molecule has 0 unspecified atom stereocenters. The van der Waals surface area contributed by atoms with Crippen LogP contribution in [0.15, 0.2) is 18.2 Å². The first-order chi connectivity index (χ1) is 6.68. The van der Waals surface area contributed by atoms with E-state index in [-0.39, 0.29) is 18.3 Å². The highest BCUT2D eigenvalue weighted by Crippen LogP contribution is 2.31. The monoisotopic (exact) mass is 191 g/mol. The van der Waals surface area contributed by atoms with Crippen LogP contribution in [0.25, 0.3) is 0 Å². The number of para-hydroxylation sites is 1. The molecule has 1 aliphatic rings. The molecule has 2 rings (SSSR count). The summed E-state index contributed by atoms with van der Waals surface area (Å²) in [6.07, 6.45) is 0. The number of carbonyl (C=O) groups is 2. The average Bonchev–Trinajstić information content (AvgIpc) is 2.16. The van der Waals surface area contributed by atoms with Gasteiger partial charge in [-0.25, -0.2) is 0 Å². The highest BCUT2D eigenvalue weighted by Gasteiger charge is 2.20. The molecule has 1 aromatic carbocycles. The first-order valence-electron chi connectivity index (χ1n) is 4.25. The van der Waals surface area contributed by atoms with E-state index in [1.54, 1.807) is 18.2 Å². The summed E-state index contributed by atoms with van der Waals surface area (Å²) in [4.78, 5) is 22.3. The van der Waals surface area contributed by atoms with Crippen LogP contribution in [0.1, 0.15) is 17.3 Å². The van der Waals surface area contributed by atoms with Crippen LogP contribution in [0, 0.1) is 0 Å². The van der Waals surface area contributed by atoms with Gasteiger partial charge in [0.2, 0.25) is 0 Å². The van der Waals surface area contributed by atoms with Crippen molar-refractivity contribution in [3.8, 4) is 5.75 Å². The lowest BCUT2D eigenvalue weighted by atomic mass is 10.1. The van der Waals surface area contributed by atoms with Gasteiger partial charge in [0, 0.05) is 5.56 Å². The molecule has 0 aliphatic carbocycles. The predicted molar refractivity (Wildman–Crippen MR) is 50.6 cm³/mol. The molecule has 0 atom stereocenters. The van der Waals surface area contributed by atoms with Crippen molar-refractivity contribution in [3.63, 3.8) is 0 Å². The van der Waals surface area contributed by atoms with E-state index >= 15 is 0 Å². The van der Waals surface area contributed by atoms with Gasteiger partial charge in [-0.3, -0.25) is 9.59 Å². The Hall–Kier alpha value is -1.84. The maximum Gasteiger partial charge on any atom is 0.262 e. The second kappa shape index (κ2) is 3.14. The number of benzene rings is 1. The number of nitrogens with one attached hydrogen (secondary N) is 1. The molecule has 1 aliphatic heterocycles. The van der Waals surface area contributed by atoms with E-state index in [9.17, 15) is 9.59 Å². The van der Waals surface area contributed by atoms with Gasteiger partial charge in [0.15, 0.2) is 12.4 Å². The molecule has 1 heterocycles. The molecular weight excluding hydrogens is 182 g/mol. The number of ether oxygens (including phenoxy) is 1. The van der Waals surface area contributed by atoms with E-state index in [4.69, 9.17) is 4.74 Å². The zero-order valence-electron chi connectivity index (χ0n) is 7.66. The first-order valence-corrected chi connectivity index (χ1v) is 4.25. The highest BCUT2D eigenvalue weighted by atomic mass is 16.5. The summed E-state index contributed by atoms with van der Waals surface area (Å²) >= 11 is 0. The quantitative estimate of drug-likeness (QED) is 0.679. The average molecular weight is 191 g/mol. The van der Waals surface area contributed by atoms with Crippen LogP contribution < -0.4 is 10.1 Å². The molecule has 0 saturated carbocycles. The molecule has 72 valence electrons. The minimum Gasteiger partial charge on any atom is -0.482 e. The lowest BCUT2D eigenvalue weighted by Gasteiger charge is -2.19. The van der Waals surface area contributed by atoms with Gasteiger partial charge in [0.1, 0.15) is 5.75 Å². The van der Waals surface area contributed by atoms with Crippen molar-refractivity contribution in [2.24, 2.45) is 0 Å². The summed E-state index contributed by atoms with van der Waals surface area (Å²) in [6.45, 7) is 1.46. The Morgan fingerprint density at radius 1 is 1.50 bits per heavy atom. The summed E-state index contributed by atoms with van der Waals surface area (Å²) < 4.78 is 5.16. The third kappa shape index (κ3) is 1.35. The van der Waals surface area contributed by atoms with E-state index in [2.05, 4.69) is 5.32 Å². The Morgan fingerprint density at radius 2 is 2.29 bits per heavy atom. The van der Waals surface area contributed by atoms with Crippen LogP contribution in [-0.4, -0.2) is 18.3 Å². The first kappa shape index (κ1) is 8.74. The fourth-order valence-electron chi connectivity index (χ4n) is 1.39. The van der Waals surface area contributed by atoms with Crippen molar-refractivity contribution >= 4 is 17.4 Å². The molecule has 0 saturated heterocycles. The summed E-state index contributed by atoms with van der Waals surface area (Å²) in [6, 6.07) is 5.12. The predicted octanol–water partition coefficient (Wildman–Crippen LogP) is 1.22. The van der Waals surface area contributed by atoms with Gasteiger partial charge in [-0.1, -0.05) is 6.07 Å². The Labute approximate surface area is 80.9 Å². The van der Waals surface area contributed by atoms with E-state index in [0.717, 1.165) is 0 Å². The van der Waals surface area contributed by atoms with Gasteiger partial charge < -0.3 is 10.1 Å². The molecule has 1 N–H and O–H groups in total. The van der Waals surface area contributed by atoms with Gasteiger partial charge in [0.05, 0.1) is 5.69 Å². The number of rotatable bonds is 1. The number of amides is 1. The summed E-state index contributed by atoms with van der Waals surface area (Å²) in [5.41, 5.74) is 0.965. The summed E-state index contributed by atoms with van der Waals surface area (Å²) in [5, 5.41) is 2.63. The largest absolute Gasteiger partial charge is 0.482 e. The third-order valence-electron chi connectivity index (χ3n) is 2.03. The molecule has 4 nitrogen and oxygen atoms in total. The van der Waals surface area contributed by atoms with E-state index in [1.807, 2.05) is 0 Å². The summed E-state index contributed by atoms with van der Waals surface area (Å²) in [5.74, 6) is 0.233. The van der Waals surface area contributed by atoms with Crippen molar-refractivity contribution in [2.45, 2.75) is 6.92 Å². The fraction of sp³-hybridized carbons (Fsp3) is 0.200. The molecule has 1 aromatic rings. The van der Waals surface area contributed by atoms with Gasteiger partial charge in [-0.05, 0) is 19.1 Å². The van der Waals surface area contributed by atoms with Crippen LogP contribution in [0.4, 0.5) is 5.69 Å². The molecule has 0 fully saturated rings. The number of anilines is 1. The van der Waals surface area contributed by atoms with E-state index in [0.29, 0.717) is 17.0 Å². The summed E-state index contributed by atoms with van der Waals surface area (Å²) in [7, 11) is 0. The van der Waals surface area contributed by atoms with E-state index < -0.39 is 0 Å². The van der Waals surface area contributed by atoms with Crippen molar-refractivity contribution in [1.82, 2.24) is 0 Å². The minimum absolute atomic E-state index is 0.00829. The van der Waals surface area contributed by atoms with Gasteiger partial charge in [0.25, 0.3) is 5.91 Å². The number of Topliss-reactive ketones (excluding diaryl/α,β-unsaturated/α-hetero) is 1. The maximum atomic E-state index is 11.2. The molecule has 0 spiro atoms. The zero-order valence-corrected chi connectivity index (χ0v) is 7.66. The Bertz CT molecular complexity index is 412. The van der Waals surface area contributed by atoms with E-state index in [1.165, 1.54) is 6.92 Å². The van der Waals surface area contributed by atoms with Crippen molar-refractivity contribution in [3.05, 3.63) is 23.8 Å². The molecule has 0 bridgehead atoms. The van der Waals surface area contributed by atoms with Gasteiger partial charge in [-0.2, -0.15) is 0 Å². The Kier molecular flexibility index (Phi) is 1.96. The lowest BCUT2D eigenvalue weighted by Crippen LogP contribution is -2.26. The van der Waals surface area contributed by atoms with Crippen LogP contribution in [0.5, 0.6) is 5.75 Å². The number of carbonyl (C=O) groups excluding carboxylic acids is 2. The van der Waals surface area contributed by atoms with Crippen molar-refractivity contribution in [1.29, 1.82) is 0 Å². The molecule has 14 heavy (non-hydrogen) atoms. The molecular formula is C10H9NO3. The van der Waals surface area contributed by atoms with Crippen molar-refractivity contribution in [2.75, 3.05) is 11.9 Å². The molecule has 1 amide bonds. The van der Waals surface area contributed by atoms with Crippen molar-refractivity contribution < 1.29 is 14.3 Å². The number of hydrogen-bond donors (Lipinski definition) is 1. The fourth-order valence-corrected chi connectivity index (χ4v) is 1.39. The van der Waals surface area contributed by atoms with Crippen LogP contribution in [0.3, 0.4) is 0 Å². The number of ketones is 1. The SMILES string of the molecule is CC(=O)c1cccc2c1NC(=O)CO2. The standard InChI is InChI=1S/C10H9NO3/c1-6(12)7-3-2-4-8-10(7)11-9(13)5-14-8/h2-4H,5H2,1H3,(H,11,13). The zero-order chi connectivity index (χ0) is 10.1. The topological polar surface area (TPSA) is 55.4 Å². The molecule has 0 radical (unpaired) electrons. The van der Waals surface area contributed by atoms with Crippen LogP contribution in [0.2, 0.25) is 0 Å². The minimum atomic E-state index is -0.230. The van der Waals surface area contributed by atoms with Crippen LogP contribution >= 0.6 is 0 Å². The maximum absolute atomic E-state index is 11.2. The van der Waals surface area contributed by atoms with Gasteiger partial charge >= 0.3 is 0 Å². The smallest absolute Gasteiger partial charge is 0.262 e. The normalized spacial score (nSPS) is 13.9. The van der Waals surface area contributed by atoms with Gasteiger partial charge in [-0.15, -0.1) is 0 Å². The number of fused-ring (bicyclic) bond motifs is 1.